The van der Waals surface area contributed by atoms with Gasteiger partial charge in [-0.1, -0.05) is 54.1 Å². The normalized spacial score (nSPS) is 18.8. The third-order valence-corrected chi connectivity index (χ3v) is 6.68. The molecule has 0 unspecified atom stereocenters. The molecule has 1 aliphatic carbocycles. The van der Waals surface area contributed by atoms with Crippen molar-refractivity contribution in [2.45, 2.75) is 45.7 Å². The Labute approximate surface area is 171 Å². The zero-order valence-corrected chi connectivity index (χ0v) is 17.2. The Kier molecular flexibility index (Phi) is 4.85. The van der Waals surface area contributed by atoms with Crippen LogP contribution in [-0.4, -0.2) is 33.0 Å². The maximum Gasteiger partial charge on any atom is 0.132 e. The van der Waals surface area contributed by atoms with E-state index in [4.69, 9.17) is 11.6 Å². The molecule has 146 valence electrons. The first-order chi connectivity index (χ1) is 13.7. The van der Waals surface area contributed by atoms with Crippen molar-refractivity contribution in [2.24, 2.45) is 11.8 Å². The first-order valence-corrected chi connectivity index (χ1v) is 10.9. The van der Waals surface area contributed by atoms with Crippen molar-refractivity contribution in [1.29, 1.82) is 0 Å². The van der Waals surface area contributed by atoms with Gasteiger partial charge in [0, 0.05) is 18.7 Å². The number of rotatable bonds is 5. The Balaban J connectivity index is 1.35. The molecule has 0 bridgehead atoms. The van der Waals surface area contributed by atoms with Gasteiger partial charge in [-0.05, 0) is 67.8 Å². The standard InChI is InChI=1S/C23H27ClN4/c1-16-10-12-27(13-11-16)14-17-4-6-19(7-5-17)20-8-9-21-23(22(20)24)25-26-28(21)15-18-2-3-18/h4-9,16,18H,2-3,10-15H2,1H3. The third kappa shape index (κ3) is 3.68. The third-order valence-electron chi connectivity index (χ3n) is 6.30. The van der Waals surface area contributed by atoms with E-state index in [1.165, 1.54) is 44.3 Å². The van der Waals surface area contributed by atoms with E-state index in [9.17, 15) is 0 Å². The van der Waals surface area contributed by atoms with Gasteiger partial charge in [-0.25, -0.2) is 4.68 Å². The van der Waals surface area contributed by atoms with Gasteiger partial charge in [0.25, 0.3) is 0 Å². The number of likely N-dealkylation sites (tertiary alicyclic amines) is 1. The molecular formula is C23H27ClN4. The number of hydrogen-bond acceptors (Lipinski definition) is 3. The van der Waals surface area contributed by atoms with Crippen LogP contribution in [0, 0.1) is 11.8 Å². The fourth-order valence-electron chi connectivity index (χ4n) is 4.18. The molecule has 2 aromatic carbocycles. The summed E-state index contributed by atoms with van der Waals surface area (Å²) < 4.78 is 2.01. The van der Waals surface area contributed by atoms with Crippen LogP contribution in [0.5, 0.6) is 0 Å². The van der Waals surface area contributed by atoms with E-state index >= 15 is 0 Å². The Bertz CT molecular complexity index is 966. The van der Waals surface area contributed by atoms with Crippen LogP contribution in [0.25, 0.3) is 22.2 Å². The Morgan fingerprint density at radius 3 is 2.46 bits per heavy atom. The van der Waals surface area contributed by atoms with Gasteiger partial charge in [0.1, 0.15) is 5.52 Å². The molecule has 5 rings (SSSR count). The molecule has 28 heavy (non-hydrogen) atoms. The highest BCUT2D eigenvalue weighted by Gasteiger charge is 2.24. The van der Waals surface area contributed by atoms with E-state index in [-0.39, 0.29) is 0 Å². The topological polar surface area (TPSA) is 34.0 Å². The number of hydrogen-bond donors (Lipinski definition) is 0. The molecule has 1 saturated heterocycles. The van der Waals surface area contributed by atoms with Crippen molar-refractivity contribution in [3.05, 3.63) is 47.0 Å². The SMILES string of the molecule is CC1CCN(Cc2ccc(-c3ccc4c(nnn4CC4CC4)c3Cl)cc2)CC1. The lowest BCUT2D eigenvalue weighted by Crippen LogP contribution is -2.32. The molecule has 3 aromatic rings. The molecule has 1 aliphatic heterocycles. The zero-order chi connectivity index (χ0) is 19.1. The second kappa shape index (κ2) is 7.49. The van der Waals surface area contributed by atoms with E-state index in [0.717, 1.165) is 47.1 Å². The van der Waals surface area contributed by atoms with E-state index in [2.05, 4.69) is 58.5 Å². The maximum atomic E-state index is 6.73. The molecule has 1 aromatic heterocycles. The molecule has 0 amide bonds. The quantitative estimate of drug-likeness (QED) is 0.581. The predicted octanol–water partition coefficient (Wildman–Crippen LogP) is 5.39. The summed E-state index contributed by atoms with van der Waals surface area (Å²) in [6, 6.07) is 13.1. The van der Waals surface area contributed by atoms with Gasteiger partial charge in [-0.15, -0.1) is 5.10 Å². The average molecular weight is 395 g/mol. The van der Waals surface area contributed by atoms with Gasteiger partial charge in [0.2, 0.25) is 0 Å². The number of fused-ring (bicyclic) bond motifs is 1. The number of halogens is 1. The van der Waals surface area contributed by atoms with Crippen molar-refractivity contribution in [3.8, 4) is 11.1 Å². The molecule has 2 aliphatic rings. The van der Waals surface area contributed by atoms with Crippen LogP contribution in [0.3, 0.4) is 0 Å². The molecule has 0 radical (unpaired) electrons. The van der Waals surface area contributed by atoms with Gasteiger partial charge in [0.05, 0.1) is 10.5 Å². The minimum atomic E-state index is 0.706. The smallest absolute Gasteiger partial charge is 0.132 e. The van der Waals surface area contributed by atoms with Crippen LogP contribution in [-0.2, 0) is 13.1 Å². The fraction of sp³-hybridized carbons (Fsp3) is 0.478. The summed E-state index contributed by atoms with van der Waals surface area (Å²) in [5.41, 5.74) is 5.39. The Morgan fingerprint density at radius 1 is 1.00 bits per heavy atom. The number of nitrogens with zero attached hydrogens (tertiary/aromatic N) is 4. The lowest BCUT2D eigenvalue weighted by atomic mass is 9.98. The van der Waals surface area contributed by atoms with Gasteiger partial charge < -0.3 is 0 Å². The largest absolute Gasteiger partial charge is 0.299 e. The lowest BCUT2D eigenvalue weighted by molar-refractivity contribution is 0.185. The van der Waals surface area contributed by atoms with Crippen LogP contribution in [0.1, 0.15) is 38.2 Å². The van der Waals surface area contributed by atoms with Crippen LogP contribution in [0.4, 0.5) is 0 Å². The van der Waals surface area contributed by atoms with Crippen LogP contribution >= 0.6 is 11.6 Å². The van der Waals surface area contributed by atoms with Crippen LogP contribution in [0.15, 0.2) is 36.4 Å². The Morgan fingerprint density at radius 2 is 1.75 bits per heavy atom. The summed E-state index contributed by atoms with van der Waals surface area (Å²) in [5.74, 6) is 1.64. The van der Waals surface area contributed by atoms with Crippen molar-refractivity contribution in [3.63, 3.8) is 0 Å². The first-order valence-electron chi connectivity index (χ1n) is 10.5. The molecule has 2 heterocycles. The van der Waals surface area contributed by atoms with Gasteiger partial charge in [-0.3, -0.25) is 4.90 Å². The van der Waals surface area contributed by atoms with E-state index in [1.807, 2.05) is 4.68 Å². The number of benzene rings is 2. The zero-order valence-electron chi connectivity index (χ0n) is 16.4. The molecule has 5 heteroatoms. The minimum Gasteiger partial charge on any atom is -0.299 e. The second-order valence-corrected chi connectivity index (χ2v) is 9.04. The van der Waals surface area contributed by atoms with E-state index in [0.29, 0.717) is 5.02 Å². The summed E-state index contributed by atoms with van der Waals surface area (Å²) in [4.78, 5) is 2.56. The summed E-state index contributed by atoms with van der Waals surface area (Å²) >= 11 is 6.73. The summed E-state index contributed by atoms with van der Waals surface area (Å²) in [7, 11) is 0. The van der Waals surface area contributed by atoms with Crippen molar-refractivity contribution in [2.75, 3.05) is 13.1 Å². The first kappa shape index (κ1) is 18.1. The molecule has 2 fully saturated rings. The molecular weight excluding hydrogens is 368 g/mol. The Hall–Kier alpha value is -1.91. The monoisotopic (exact) mass is 394 g/mol. The fourth-order valence-corrected chi connectivity index (χ4v) is 4.48. The highest BCUT2D eigenvalue weighted by molar-refractivity contribution is 6.37. The van der Waals surface area contributed by atoms with Crippen LogP contribution in [0.2, 0.25) is 5.02 Å². The van der Waals surface area contributed by atoms with Crippen molar-refractivity contribution in [1.82, 2.24) is 19.9 Å². The number of piperidine rings is 1. The second-order valence-electron chi connectivity index (χ2n) is 8.67. The van der Waals surface area contributed by atoms with Crippen LogP contribution < -0.4 is 0 Å². The van der Waals surface area contributed by atoms with E-state index in [1.54, 1.807) is 0 Å². The van der Waals surface area contributed by atoms with Gasteiger partial charge in [-0.2, -0.15) is 0 Å². The molecule has 0 atom stereocenters. The average Bonchev–Trinajstić information content (AvgIpc) is 3.43. The summed E-state index contributed by atoms with van der Waals surface area (Å²) in [5, 5.41) is 9.40. The van der Waals surface area contributed by atoms with Gasteiger partial charge in [0.15, 0.2) is 0 Å². The maximum absolute atomic E-state index is 6.73. The lowest BCUT2D eigenvalue weighted by Gasteiger charge is -2.30. The van der Waals surface area contributed by atoms with E-state index < -0.39 is 0 Å². The summed E-state index contributed by atoms with van der Waals surface area (Å²) in [6.45, 7) is 6.77. The van der Waals surface area contributed by atoms with Crippen molar-refractivity contribution >= 4 is 22.6 Å². The molecule has 0 spiro atoms. The summed E-state index contributed by atoms with van der Waals surface area (Å²) in [6.07, 6.45) is 5.23. The highest BCUT2D eigenvalue weighted by Crippen LogP contribution is 2.35. The van der Waals surface area contributed by atoms with Gasteiger partial charge >= 0.3 is 0 Å². The highest BCUT2D eigenvalue weighted by atomic mass is 35.5. The predicted molar refractivity (Wildman–Crippen MR) is 114 cm³/mol. The number of aromatic nitrogens is 3. The molecule has 0 N–H and O–H groups in total. The minimum absolute atomic E-state index is 0.706. The molecule has 4 nitrogen and oxygen atoms in total. The molecule has 1 saturated carbocycles. The van der Waals surface area contributed by atoms with Crippen molar-refractivity contribution < 1.29 is 0 Å².